The lowest BCUT2D eigenvalue weighted by atomic mass is 10.1. The maximum absolute atomic E-state index is 9.20. The van der Waals surface area contributed by atoms with E-state index in [1.165, 1.54) is 16.0 Å². The summed E-state index contributed by atoms with van der Waals surface area (Å²) >= 11 is 1.33. The summed E-state index contributed by atoms with van der Waals surface area (Å²) in [5.41, 5.74) is 1.58. The smallest absolute Gasteiger partial charge is 0.234 e. The average Bonchev–Trinajstić information content (AvgIpc) is 3.14. The number of pyridine rings is 1. The summed E-state index contributed by atoms with van der Waals surface area (Å²) in [5, 5.41) is 26.4. The molecule has 0 aromatic carbocycles. The van der Waals surface area contributed by atoms with Crippen molar-refractivity contribution in [3.8, 4) is 22.5 Å². The number of methoxy groups -OCH3 is 1. The molecule has 0 aliphatic carbocycles. The minimum atomic E-state index is 0.227. The van der Waals surface area contributed by atoms with Crippen LogP contribution in [0.5, 0.6) is 0 Å². The van der Waals surface area contributed by atoms with Crippen molar-refractivity contribution in [2.75, 3.05) is 7.11 Å². The molecule has 21 heavy (non-hydrogen) atoms. The van der Waals surface area contributed by atoms with E-state index in [9.17, 15) is 5.26 Å². The zero-order valence-electron chi connectivity index (χ0n) is 11.0. The van der Waals surface area contributed by atoms with Crippen LogP contribution >= 0.6 is 11.3 Å². The molecular formula is C12H9N7OS. The number of rotatable bonds is 4. The van der Waals surface area contributed by atoms with E-state index in [0.29, 0.717) is 17.4 Å². The fraction of sp³-hybridized carbons (Fsp3) is 0.167. The lowest BCUT2D eigenvalue weighted by Crippen LogP contribution is -1.99. The molecule has 3 aromatic heterocycles. The molecule has 3 heterocycles. The standard InChI is InChI=1S/C12H9N7OS/c1-20-7-10-16-17-12(21-10)19-11(9(6-13)15-18-19)8-2-4-14-5-3-8/h2-5H,7H2,1H3. The van der Waals surface area contributed by atoms with E-state index in [2.05, 4.69) is 25.5 Å². The first-order valence-electron chi connectivity index (χ1n) is 5.91. The van der Waals surface area contributed by atoms with Crippen LogP contribution in [0.4, 0.5) is 0 Å². The number of aromatic nitrogens is 6. The highest BCUT2D eigenvalue weighted by Crippen LogP contribution is 2.25. The number of nitriles is 1. The van der Waals surface area contributed by atoms with Crippen molar-refractivity contribution in [2.45, 2.75) is 6.61 Å². The van der Waals surface area contributed by atoms with Gasteiger partial charge >= 0.3 is 0 Å². The molecule has 0 aliphatic heterocycles. The van der Waals surface area contributed by atoms with E-state index in [1.54, 1.807) is 31.6 Å². The summed E-state index contributed by atoms with van der Waals surface area (Å²) in [7, 11) is 1.59. The summed E-state index contributed by atoms with van der Waals surface area (Å²) in [6, 6.07) is 5.60. The molecule has 0 atom stereocenters. The number of nitrogens with zero attached hydrogens (tertiary/aromatic N) is 7. The summed E-state index contributed by atoms with van der Waals surface area (Å²) in [4.78, 5) is 3.97. The molecule has 3 rings (SSSR count). The van der Waals surface area contributed by atoms with Crippen LogP contribution in [0.3, 0.4) is 0 Å². The lowest BCUT2D eigenvalue weighted by molar-refractivity contribution is 0.184. The van der Waals surface area contributed by atoms with Crippen molar-refractivity contribution in [1.29, 1.82) is 5.26 Å². The number of hydrogen-bond acceptors (Lipinski definition) is 8. The van der Waals surface area contributed by atoms with Crippen LogP contribution in [0.2, 0.25) is 0 Å². The van der Waals surface area contributed by atoms with Crippen molar-refractivity contribution in [1.82, 2.24) is 30.2 Å². The molecule has 0 radical (unpaired) electrons. The fourth-order valence-electron chi connectivity index (χ4n) is 1.77. The third-order valence-corrected chi connectivity index (χ3v) is 3.51. The van der Waals surface area contributed by atoms with Crippen LogP contribution in [0.1, 0.15) is 10.7 Å². The van der Waals surface area contributed by atoms with Gasteiger partial charge in [0, 0.05) is 25.1 Å². The normalized spacial score (nSPS) is 10.5. The first-order chi connectivity index (χ1) is 10.3. The fourth-order valence-corrected chi connectivity index (χ4v) is 2.54. The van der Waals surface area contributed by atoms with Crippen molar-refractivity contribution in [3.63, 3.8) is 0 Å². The minimum absolute atomic E-state index is 0.227. The lowest BCUT2D eigenvalue weighted by Gasteiger charge is -2.02. The van der Waals surface area contributed by atoms with Crippen molar-refractivity contribution in [3.05, 3.63) is 35.2 Å². The summed E-state index contributed by atoms with van der Waals surface area (Å²) < 4.78 is 6.53. The number of hydrogen-bond donors (Lipinski definition) is 0. The Morgan fingerprint density at radius 3 is 2.81 bits per heavy atom. The van der Waals surface area contributed by atoms with Gasteiger partial charge in [-0.2, -0.15) is 9.94 Å². The first-order valence-corrected chi connectivity index (χ1v) is 6.73. The molecule has 9 heteroatoms. The second-order valence-electron chi connectivity index (χ2n) is 3.96. The maximum atomic E-state index is 9.20. The molecule has 0 saturated heterocycles. The van der Waals surface area contributed by atoms with E-state index in [-0.39, 0.29) is 5.69 Å². The molecule has 0 amide bonds. The predicted molar refractivity (Wildman–Crippen MR) is 73.5 cm³/mol. The van der Waals surface area contributed by atoms with E-state index in [4.69, 9.17) is 4.74 Å². The Morgan fingerprint density at radius 2 is 2.10 bits per heavy atom. The van der Waals surface area contributed by atoms with Gasteiger partial charge in [-0.15, -0.1) is 15.3 Å². The zero-order chi connectivity index (χ0) is 14.7. The minimum Gasteiger partial charge on any atom is -0.377 e. The molecule has 0 unspecified atom stereocenters. The highest BCUT2D eigenvalue weighted by molar-refractivity contribution is 7.13. The van der Waals surface area contributed by atoms with E-state index < -0.39 is 0 Å². The molecule has 0 saturated carbocycles. The SMILES string of the molecule is COCc1nnc(-n2nnc(C#N)c2-c2ccncc2)s1. The zero-order valence-corrected chi connectivity index (χ0v) is 11.8. The third kappa shape index (κ3) is 2.49. The van der Waals surface area contributed by atoms with E-state index in [1.807, 2.05) is 6.07 Å². The van der Waals surface area contributed by atoms with Gasteiger partial charge in [-0.1, -0.05) is 16.6 Å². The van der Waals surface area contributed by atoms with Gasteiger partial charge in [-0.25, -0.2) is 0 Å². The van der Waals surface area contributed by atoms with Gasteiger partial charge in [0.25, 0.3) is 0 Å². The van der Waals surface area contributed by atoms with Crippen LogP contribution in [-0.4, -0.2) is 37.3 Å². The quantitative estimate of drug-likeness (QED) is 0.713. The summed E-state index contributed by atoms with van der Waals surface area (Å²) in [6.07, 6.45) is 3.29. The van der Waals surface area contributed by atoms with Gasteiger partial charge in [-0.3, -0.25) is 4.98 Å². The topological polar surface area (TPSA) is 102 Å². The molecule has 0 fully saturated rings. The second-order valence-corrected chi connectivity index (χ2v) is 5.00. The Kier molecular flexibility index (Phi) is 3.63. The third-order valence-electron chi connectivity index (χ3n) is 2.64. The van der Waals surface area contributed by atoms with Gasteiger partial charge < -0.3 is 4.74 Å². The molecule has 0 N–H and O–H groups in total. The molecule has 0 bridgehead atoms. The molecular weight excluding hydrogens is 290 g/mol. The van der Waals surface area contributed by atoms with Gasteiger partial charge in [-0.05, 0) is 12.1 Å². The van der Waals surface area contributed by atoms with Crippen LogP contribution in [0, 0.1) is 11.3 Å². The molecule has 3 aromatic rings. The Bertz CT molecular complexity index is 790. The van der Waals surface area contributed by atoms with Gasteiger partial charge in [0.1, 0.15) is 23.4 Å². The molecule has 104 valence electrons. The molecule has 0 spiro atoms. The van der Waals surface area contributed by atoms with Gasteiger partial charge in [0.05, 0.1) is 0 Å². The van der Waals surface area contributed by atoms with Crippen molar-refractivity contribution in [2.24, 2.45) is 0 Å². The van der Waals surface area contributed by atoms with Crippen LogP contribution < -0.4 is 0 Å². The highest BCUT2D eigenvalue weighted by atomic mass is 32.1. The van der Waals surface area contributed by atoms with E-state index >= 15 is 0 Å². The Labute approximate surface area is 123 Å². The molecule has 8 nitrogen and oxygen atoms in total. The van der Waals surface area contributed by atoms with Crippen LogP contribution in [0.25, 0.3) is 16.4 Å². The van der Waals surface area contributed by atoms with E-state index in [0.717, 1.165) is 10.6 Å². The molecule has 0 aliphatic rings. The van der Waals surface area contributed by atoms with Gasteiger partial charge in [0.2, 0.25) is 5.13 Å². The maximum Gasteiger partial charge on any atom is 0.234 e. The first kappa shape index (κ1) is 13.3. The van der Waals surface area contributed by atoms with Gasteiger partial charge in [0.15, 0.2) is 5.69 Å². The highest BCUT2D eigenvalue weighted by Gasteiger charge is 2.18. The second kappa shape index (κ2) is 5.74. The average molecular weight is 299 g/mol. The van der Waals surface area contributed by atoms with Crippen LogP contribution in [0.15, 0.2) is 24.5 Å². The number of ether oxygens (including phenoxy) is 1. The Hall–Kier alpha value is -2.70. The van der Waals surface area contributed by atoms with Crippen molar-refractivity contribution >= 4 is 11.3 Å². The summed E-state index contributed by atoms with van der Waals surface area (Å²) in [5.74, 6) is 0. The predicted octanol–water partition coefficient (Wildman–Crippen LogP) is 1.20. The van der Waals surface area contributed by atoms with Crippen molar-refractivity contribution < 1.29 is 4.74 Å². The largest absolute Gasteiger partial charge is 0.377 e. The Balaban J connectivity index is 2.11. The van der Waals surface area contributed by atoms with Crippen LogP contribution in [-0.2, 0) is 11.3 Å². The summed E-state index contributed by atoms with van der Waals surface area (Å²) in [6.45, 7) is 0.377. The Morgan fingerprint density at radius 1 is 1.29 bits per heavy atom. The monoisotopic (exact) mass is 299 g/mol.